The summed E-state index contributed by atoms with van der Waals surface area (Å²) in [6, 6.07) is 8.12. The standard InChI is InChI=1S/C20H25ClN4O/c21-15-7-5-6-14(12-15)18(25-10-3-4-11-25)13-22-20(26)19-16-8-1-2-9-17(16)23-24-19/h5-7,12,18H,1-4,8-11,13H2,(H,22,26)(H,23,24). The Bertz CT molecular complexity index is 782. The van der Waals surface area contributed by atoms with Crippen molar-refractivity contribution in [3.63, 3.8) is 0 Å². The molecule has 1 aromatic heterocycles. The van der Waals surface area contributed by atoms with E-state index in [0.717, 1.165) is 54.2 Å². The zero-order valence-electron chi connectivity index (χ0n) is 14.9. The molecule has 1 unspecified atom stereocenters. The van der Waals surface area contributed by atoms with Gasteiger partial charge in [0.15, 0.2) is 5.69 Å². The average Bonchev–Trinajstić information content (AvgIpc) is 3.32. The molecule has 26 heavy (non-hydrogen) atoms. The summed E-state index contributed by atoms with van der Waals surface area (Å²) in [5.74, 6) is -0.0735. The number of carbonyl (C=O) groups is 1. The van der Waals surface area contributed by atoms with E-state index >= 15 is 0 Å². The van der Waals surface area contributed by atoms with E-state index in [0.29, 0.717) is 12.2 Å². The molecular formula is C20H25ClN4O. The van der Waals surface area contributed by atoms with Gasteiger partial charge in [-0.15, -0.1) is 0 Å². The molecule has 6 heteroatoms. The van der Waals surface area contributed by atoms with E-state index in [1.54, 1.807) is 0 Å². The smallest absolute Gasteiger partial charge is 0.272 e. The molecule has 2 N–H and O–H groups in total. The van der Waals surface area contributed by atoms with Crippen LogP contribution in [0.5, 0.6) is 0 Å². The topological polar surface area (TPSA) is 61.0 Å². The molecule has 1 saturated heterocycles. The predicted octanol–water partition coefficient (Wildman–Crippen LogP) is 3.51. The summed E-state index contributed by atoms with van der Waals surface area (Å²) in [6.07, 6.45) is 6.65. The molecule has 0 spiro atoms. The Morgan fingerprint density at radius 1 is 1.23 bits per heavy atom. The molecule has 1 aliphatic carbocycles. The van der Waals surface area contributed by atoms with Crippen LogP contribution in [0.1, 0.15) is 59.0 Å². The number of nitrogens with zero attached hydrogens (tertiary/aromatic N) is 2. The van der Waals surface area contributed by atoms with Gasteiger partial charge in [-0.3, -0.25) is 14.8 Å². The maximum Gasteiger partial charge on any atom is 0.272 e. The van der Waals surface area contributed by atoms with Gasteiger partial charge in [-0.1, -0.05) is 23.7 Å². The summed E-state index contributed by atoms with van der Waals surface area (Å²) in [4.78, 5) is 15.2. The first kappa shape index (κ1) is 17.6. The lowest BCUT2D eigenvalue weighted by molar-refractivity contribution is 0.0932. The molecule has 2 aliphatic rings. The van der Waals surface area contributed by atoms with Gasteiger partial charge in [0.2, 0.25) is 0 Å². The number of likely N-dealkylation sites (tertiary alicyclic amines) is 1. The molecule has 1 aliphatic heterocycles. The van der Waals surface area contributed by atoms with Gasteiger partial charge >= 0.3 is 0 Å². The highest BCUT2D eigenvalue weighted by molar-refractivity contribution is 6.30. The van der Waals surface area contributed by atoms with Gasteiger partial charge in [0.25, 0.3) is 5.91 Å². The first-order valence-electron chi connectivity index (χ1n) is 9.56. The predicted molar refractivity (Wildman–Crippen MR) is 103 cm³/mol. The maximum absolute atomic E-state index is 12.8. The third kappa shape index (κ3) is 3.64. The van der Waals surface area contributed by atoms with Crippen LogP contribution in [0, 0.1) is 0 Å². The largest absolute Gasteiger partial charge is 0.349 e. The number of carbonyl (C=O) groups excluding carboxylic acids is 1. The summed E-state index contributed by atoms with van der Waals surface area (Å²) in [6.45, 7) is 2.69. The molecular weight excluding hydrogens is 348 g/mol. The molecule has 138 valence electrons. The molecule has 1 amide bonds. The van der Waals surface area contributed by atoms with E-state index in [4.69, 9.17) is 11.6 Å². The fourth-order valence-corrected chi connectivity index (χ4v) is 4.37. The third-order valence-corrected chi connectivity index (χ3v) is 5.78. The average molecular weight is 373 g/mol. The lowest BCUT2D eigenvalue weighted by atomic mass is 9.95. The van der Waals surface area contributed by atoms with Crippen molar-refractivity contribution < 1.29 is 4.79 Å². The molecule has 0 saturated carbocycles. The Labute approximate surface area is 159 Å². The zero-order chi connectivity index (χ0) is 17.9. The number of nitrogens with one attached hydrogen (secondary N) is 2. The normalized spacial score (nSPS) is 18.5. The van der Waals surface area contributed by atoms with E-state index in [1.807, 2.05) is 18.2 Å². The van der Waals surface area contributed by atoms with E-state index in [9.17, 15) is 4.79 Å². The summed E-state index contributed by atoms with van der Waals surface area (Å²) >= 11 is 6.20. The fourth-order valence-electron chi connectivity index (χ4n) is 4.17. The Balaban J connectivity index is 1.49. The quantitative estimate of drug-likeness (QED) is 0.844. The summed E-state index contributed by atoms with van der Waals surface area (Å²) in [5.41, 5.74) is 3.97. The van der Waals surface area contributed by atoms with Crippen LogP contribution in [0.4, 0.5) is 0 Å². The van der Waals surface area contributed by atoms with Crippen molar-refractivity contribution >= 4 is 17.5 Å². The highest BCUT2D eigenvalue weighted by Gasteiger charge is 2.26. The van der Waals surface area contributed by atoms with Crippen LogP contribution in [-0.4, -0.2) is 40.6 Å². The number of aromatic amines is 1. The van der Waals surface area contributed by atoms with Crippen LogP contribution < -0.4 is 5.32 Å². The van der Waals surface area contributed by atoms with Crippen molar-refractivity contribution in [1.82, 2.24) is 20.4 Å². The summed E-state index contributed by atoms with van der Waals surface area (Å²) in [5, 5.41) is 11.2. The second-order valence-electron chi connectivity index (χ2n) is 7.26. The minimum Gasteiger partial charge on any atom is -0.349 e. The number of amides is 1. The van der Waals surface area contributed by atoms with Crippen molar-refractivity contribution in [1.29, 1.82) is 0 Å². The number of halogens is 1. The molecule has 0 radical (unpaired) electrons. The van der Waals surface area contributed by atoms with Crippen LogP contribution in [0.3, 0.4) is 0 Å². The van der Waals surface area contributed by atoms with Gasteiger partial charge < -0.3 is 5.32 Å². The molecule has 2 heterocycles. The molecule has 1 aromatic carbocycles. The molecule has 2 aromatic rings. The van der Waals surface area contributed by atoms with Gasteiger partial charge in [-0.05, 0) is 69.3 Å². The van der Waals surface area contributed by atoms with Crippen LogP contribution >= 0.6 is 11.6 Å². The number of hydrogen-bond donors (Lipinski definition) is 2. The zero-order valence-corrected chi connectivity index (χ0v) is 15.7. The number of aromatic nitrogens is 2. The Kier molecular flexibility index (Phi) is 5.27. The van der Waals surface area contributed by atoms with Gasteiger partial charge in [0.05, 0.1) is 6.04 Å². The number of benzene rings is 1. The van der Waals surface area contributed by atoms with Crippen molar-refractivity contribution in [2.24, 2.45) is 0 Å². The first-order valence-corrected chi connectivity index (χ1v) is 9.94. The van der Waals surface area contributed by atoms with Gasteiger partial charge in [0, 0.05) is 22.8 Å². The minimum absolute atomic E-state index is 0.0735. The van der Waals surface area contributed by atoms with Crippen molar-refractivity contribution in [2.75, 3.05) is 19.6 Å². The Morgan fingerprint density at radius 2 is 2.04 bits per heavy atom. The number of aryl methyl sites for hydroxylation is 1. The number of H-pyrrole nitrogens is 1. The van der Waals surface area contributed by atoms with Gasteiger partial charge in [-0.25, -0.2) is 0 Å². The monoisotopic (exact) mass is 372 g/mol. The summed E-state index contributed by atoms with van der Waals surface area (Å²) < 4.78 is 0. The fraction of sp³-hybridized carbons (Fsp3) is 0.500. The highest BCUT2D eigenvalue weighted by Crippen LogP contribution is 2.27. The SMILES string of the molecule is O=C(NCC(c1cccc(Cl)c1)N1CCCC1)c1n[nH]c2c1CCCC2. The lowest BCUT2D eigenvalue weighted by Crippen LogP contribution is -2.37. The maximum atomic E-state index is 12.8. The number of fused-ring (bicyclic) bond motifs is 1. The molecule has 0 bridgehead atoms. The van der Waals surface area contributed by atoms with Crippen LogP contribution in [0.2, 0.25) is 5.02 Å². The molecule has 4 rings (SSSR count). The second kappa shape index (κ2) is 7.80. The van der Waals surface area contributed by atoms with E-state index in [-0.39, 0.29) is 11.9 Å². The van der Waals surface area contributed by atoms with Gasteiger partial charge in [0.1, 0.15) is 0 Å². The lowest BCUT2D eigenvalue weighted by Gasteiger charge is -2.28. The summed E-state index contributed by atoms with van der Waals surface area (Å²) in [7, 11) is 0. The van der Waals surface area contributed by atoms with E-state index < -0.39 is 0 Å². The van der Waals surface area contributed by atoms with Gasteiger partial charge in [-0.2, -0.15) is 5.10 Å². The highest BCUT2D eigenvalue weighted by atomic mass is 35.5. The van der Waals surface area contributed by atoms with Crippen LogP contribution in [0.15, 0.2) is 24.3 Å². The number of rotatable bonds is 5. The minimum atomic E-state index is -0.0735. The van der Waals surface area contributed by atoms with Crippen LogP contribution in [0.25, 0.3) is 0 Å². The van der Waals surface area contributed by atoms with Crippen molar-refractivity contribution in [3.05, 3.63) is 51.8 Å². The Morgan fingerprint density at radius 3 is 2.85 bits per heavy atom. The van der Waals surface area contributed by atoms with Crippen LogP contribution in [-0.2, 0) is 12.8 Å². The Hall–Kier alpha value is -1.85. The van der Waals surface area contributed by atoms with Crippen molar-refractivity contribution in [3.8, 4) is 0 Å². The van der Waals surface area contributed by atoms with Crippen molar-refractivity contribution in [2.45, 2.75) is 44.6 Å². The molecule has 5 nitrogen and oxygen atoms in total. The third-order valence-electron chi connectivity index (χ3n) is 5.54. The van der Waals surface area contributed by atoms with E-state index in [1.165, 1.54) is 19.3 Å². The molecule has 1 fully saturated rings. The molecule has 1 atom stereocenters. The number of hydrogen-bond acceptors (Lipinski definition) is 3. The second-order valence-corrected chi connectivity index (χ2v) is 7.70. The van der Waals surface area contributed by atoms with E-state index in [2.05, 4.69) is 26.5 Å². The first-order chi connectivity index (χ1) is 12.7.